The highest BCUT2D eigenvalue weighted by Crippen LogP contribution is 2.20. The molecule has 0 spiro atoms. The summed E-state index contributed by atoms with van der Waals surface area (Å²) in [7, 11) is 0. The van der Waals surface area contributed by atoms with Crippen molar-refractivity contribution >= 4 is 11.8 Å². The molecule has 0 aromatic heterocycles. The van der Waals surface area contributed by atoms with Crippen molar-refractivity contribution in [1.82, 2.24) is 5.32 Å². The van der Waals surface area contributed by atoms with Crippen LogP contribution >= 0.6 is 11.8 Å². The Bertz CT molecular complexity index is 162. The van der Waals surface area contributed by atoms with Crippen LogP contribution in [-0.2, 0) is 0 Å². The molecule has 2 unspecified atom stereocenters. The standard InChI is InChI=1S/C12H25NOS/c1-3-10(2)9-15-7-6-12(8-14)13-11-4-5-11/h10-14H,3-9H2,1-2H3. The summed E-state index contributed by atoms with van der Waals surface area (Å²) in [5.74, 6) is 3.27. The van der Waals surface area contributed by atoms with Gasteiger partial charge >= 0.3 is 0 Å². The van der Waals surface area contributed by atoms with Crippen LogP contribution in [0, 0.1) is 5.92 Å². The largest absolute Gasteiger partial charge is 0.395 e. The molecule has 1 saturated carbocycles. The maximum absolute atomic E-state index is 9.19. The summed E-state index contributed by atoms with van der Waals surface area (Å²) >= 11 is 2.03. The molecule has 0 aliphatic heterocycles. The molecule has 2 atom stereocenters. The number of thioether (sulfide) groups is 1. The Labute approximate surface area is 98.2 Å². The van der Waals surface area contributed by atoms with Crippen LogP contribution in [0.25, 0.3) is 0 Å². The lowest BCUT2D eigenvalue weighted by molar-refractivity contribution is 0.238. The minimum absolute atomic E-state index is 0.292. The van der Waals surface area contributed by atoms with E-state index in [2.05, 4.69) is 19.2 Å². The molecule has 15 heavy (non-hydrogen) atoms. The van der Waals surface area contributed by atoms with E-state index in [0.717, 1.165) is 12.3 Å². The number of nitrogens with one attached hydrogen (secondary N) is 1. The topological polar surface area (TPSA) is 32.3 Å². The molecule has 0 aromatic rings. The average molecular weight is 231 g/mol. The number of hydrogen-bond acceptors (Lipinski definition) is 3. The van der Waals surface area contributed by atoms with E-state index in [1.165, 1.54) is 30.8 Å². The molecule has 1 aliphatic carbocycles. The van der Waals surface area contributed by atoms with Gasteiger partial charge in [-0.1, -0.05) is 20.3 Å². The van der Waals surface area contributed by atoms with Crippen LogP contribution in [0.15, 0.2) is 0 Å². The molecule has 1 fully saturated rings. The van der Waals surface area contributed by atoms with Crippen LogP contribution in [0.5, 0.6) is 0 Å². The van der Waals surface area contributed by atoms with Gasteiger partial charge in [0.15, 0.2) is 0 Å². The van der Waals surface area contributed by atoms with Crippen molar-refractivity contribution in [2.75, 3.05) is 18.1 Å². The van der Waals surface area contributed by atoms with Crippen molar-refractivity contribution in [3.05, 3.63) is 0 Å². The van der Waals surface area contributed by atoms with Gasteiger partial charge in [-0.2, -0.15) is 11.8 Å². The van der Waals surface area contributed by atoms with Gasteiger partial charge in [0.25, 0.3) is 0 Å². The second kappa shape index (κ2) is 7.53. The molecular weight excluding hydrogens is 206 g/mol. The summed E-state index contributed by atoms with van der Waals surface area (Å²) in [6.45, 7) is 4.84. The Hall–Kier alpha value is 0.270. The van der Waals surface area contributed by atoms with Gasteiger partial charge in [-0.05, 0) is 36.7 Å². The fourth-order valence-corrected chi connectivity index (χ4v) is 2.69. The van der Waals surface area contributed by atoms with Gasteiger partial charge in [0.2, 0.25) is 0 Å². The number of hydrogen-bond donors (Lipinski definition) is 2. The van der Waals surface area contributed by atoms with Crippen molar-refractivity contribution < 1.29 is 5.11 Å². The fourth-order valence-electron chi connectivity index (χ4n) is 1.44. The quantitative estimate of drug-likeness (QED) is 0.597. The van der Waals surface area contributed by atoms with Gasteiger partial charge in [0, 0.05) is 12.1 Å². The first-order valence-electron chi connectivity index (χ1n) is 6.20. The molecule has 0 heterocycles. The maximum atomic E-state index is 9.19. The normalized spacial score (nSPS) is 20.2. The summed E-state index contributed by atoms with van der Waals surface area (Å²) < 4.78 is 0. The summed E-state index contributed by atoms with van der Waals surface area (Å²) in [6, 6.07) is 1.05. The van der Waals surface area contributed by atoms with E-state index in [4.69, 9.17) is 0 Å². The average Bonchev–Trinajstić information content (AvgIpc) is 3.05. The Kier molecular flexibility index (Phi) is 6.69. The van der Waals surface area contributed by atoms with E-state index in [1.54, 1.807) is 0 Å². The third-order valence-electron chi connectivity index (χ3n) is 2.98. The lowest BCUT2D eigenvalue weighted by atomic mass is 10.2. The van der Waals surface area contributed by atoms with Crippen LogP contribution in [-0.4, -0.2) is 35.3 Å². The Morgan fingerprint density at radius 1 is 1.47 bits per heavy atom. The predicted octanol–water partition coefficient (Wildman–Crippen LogP) is 2.27. The van der Waals surface area contributed by atoms with E-state index in [1.807, 2.05) is 11.8 Å². The molecule has 2 nitrogen and oxygen atoms in total. The van der Waals surface area contributed by atoms with Crippen LogP contribution in [0.2, 0.25) is 0 Å². The van der Waals surface area contributed by atoms with Crippen LogP contribution in [0.1, 0.15) is 39.5 Å². The predicted molar refractivity (Wildman–Crippen MR) is 68.4 cm³/mol. The van der Waals surface area contributed by atoms with E-state index >= 15 is 0 Å². The van der Waals surface area contributed by atoms with Crippen LogP contribution < -0.4 is 5.32 Å². The van der Waals surface area contributed by atoms with Gasteiger partial charge in [-0.25, -0.2) is 0 Å². The molecule has 0 saturated heterocycles. The molecule has 1 aliphatic rings. The van der Waals surface area contributed by atoms with E-state index in [9.17, 15) is 5.11 Å². The van der Waals surface area contributed by atoms with Crippen molar-refractivity contribution in [1.29, 1.82) is 0 Å². The summed E-state index contributed by atoms with van der Waals surface area (Å²) in [4.78, 5) is 0. The molecule has 90 valence electrons. The van der Waals surface area contributed by atoms with E-state index < -0.39 is 0 Å². The van der Waals surface area contributed by atoms with Gasteiger partial charge in [0.1, 0.15) is 0 Å². The van der Waals surface area contributed by atoms with Gasteiger partial charge in [0.05, 0.1) is 6.61 Å². The Morgan fingerprint density at radius 3 is 2.73 bits per heavy atom. The lowest BCUT2D eigenvalue weighted by Gasteiger charge is -2.16. The van der Waals surface area contributed by atoms with Crippen LogP contribution in [0.4, 0.5) is 0 Å². The second-order valence-electron chi connectivity index (χ2n) is 4.70. The van der Waals surface area contributed by atoms with Crippen molar-refractivity contribution in [3.8, 4) is 0 Å². The van der Waals surface area contributed by atoms with Gasteiger partial charge in [-0.15, -0.1) is 0 Å². The zero-order chi connectivity index (χ0) is 11.1. The number of aliphatic hydroxyl groups excluding tert-OH is 1. The van der Waals surface area contributed by atoms with E-state index in [-0.39, 0.29) is 0 Å². The highest BCUT2D eigenvalue weighted by Gasteiger charge is 2.23. The summed E-state index contributed by atoms with van der Waals surface area (Å²) in [5.41, 5.74) is 0. The van der Waals surface area contributed by atoms with Crippen molar-refractivity contribution in [3.63, 3.8) is 0 Å². The molecule has 1 rings (SSSR count). The number of rotatable bonds is 9. The van der Waals surface area contributed by atoms with Crippen molar-refractivity contribution in [2.24, 2.45) is 5.92 Å². The monoisotopic (exact) mass is 231 g/mol. The SMILES string of the molecule is CCC(C)CSCCC(CO)NC1CC1. The summed E-state index contributed by atoms with van der Waals surface area (Å²) in [6.07, 6.45) is 4.98. The Morgan fingerprint density at radius 2 is 2.20 bits per heavy atom. The highest BCUT2D eigenvalue weighted by atomic mass is 32.2. The fraction of sp³-hybridized carbons (Fsp3) is 1.00. The van der Waals surface area contributed by atoms with E-state index in [0.29, 0.717) is 18.7 Å². The minimum atomic E-state index is 0.292. The highest BCUT2D eigenvalue weighted by molar-refractivity contribution is 7.99. The minimum Gasteiger partial charge on any atom is -0.395 e. The molecule has 0 aromatic carbocycles. The molecule has 0 amide bonds. The number of aliphatic hydroxyl groups is 1. The first kappa shape index (κ1) is 13.3. The molecule has 0 bridgehead atoms. The zero-order valence-electron chi connectivity index (χ0n) is 10.0. The first-order valence-corrected chi connectivity index (χ1v) is 7.36. The van der Waals surface area contributed by atoms with Gasteiger partial charge < -0.3 is 10.4 Å². The smallest absolute Gasteiger partial charge is 0.0585 e. The maximum Gasteiger partial charge on any atom is 0.0585 e. The molecular formula is C12H25NOS. The second-order valence-corrected chi connectivity index (χ2v) is 5.85. The Balaban J connectivity index is 1.96. The molecule has 2 N–H and O–H groups in total. The van der Waals surface area contributed by atoms with Crippen molar-refractivity contribution in [2.45, 2.75) is 51.6 Å². The zero-order valence-corrected chi connectivity index (χ0v) is 10.9. The third-order valence-corrected chi connectivity index (χ3v) is 4.31. The van der Waals surface area contributed by atoms with Gasteiger partial charge in [-0.3, -0.25) is 0 Å². The first-order chi connectivity index (χ1) is 7.26. The third kappa shape index (κ3) is 6.44. The summed E-state index contributed by atoms with van der Waals surface area (Å²) in [5, 5.41) is 12.7. The lowest BCUT2D eigenvalue weighted by Crippen LogP contribution is -2.34. The van der Waals surface area contributed by atoms with Crippen LogP contribution in [0.3, 0.4) is 0 Å². The molecule has 0 radical (unpaired) electrons. The molecule has 3 heteroatoms.